The molecule has 0 aliphatic rings. The second-order valence-corrected chi connectivity index (χ2v) is 6.17. The van der Waals surface area contributed by atoms with E-state index >= 15 is 0 Å². The van der Waals surface area contributed by atoms with E-state index in [-0.39, 0.29) is 5.60 Å². The summed E-state index contributed by atoms with van der Waals surface area (Å²) in [5.74, 6) is 0. The van der Waals surface area contributed by atoms with E-state index in [0.29, 0.717) is 25.9 Å². The van der Waals surface area contributed by atoms with Gasteiger partial charge in [0.25, 0.3) is 0 Å². The molecule has 0 saturated heterocycles. The summed E-state index contributed by atoms with van der Waals surface area (Å²) in [7, 11) is 0. The summed E-state index contributed by atoms with van der Waals surface area (Å²) < 4.78 is 11.2. The Balaban J connectivity index is 2.28. The average molecular weight is 280 g/mol. The Hall–Kier alpha value is -0.970. The lowest BCUT2D eigenvalue weighted by molar-refractivity contribution is -0.0380. The monoisotopic (exact) mass is 280 g/mol. The minimum Gasteiger partial charge on any atom is -0.373 e. The lowest BCUT2D eigenvalue weighted by atomic mass is 10.2. The predicted molar refractivity (Wildman–Crippen MR) is 81.6 cm³/mol. The Labute approximate surface area is 122 Å². The van der Waals surface area contributed by atoms with Crippen LogP contribution in [0, 0.1) is 0 Å². The van der Waals surface area contributed by atoms with Crippen LogP contribution in [0.25, 0.3) is 0 Å². The van der Waals surface area contributed by atoms with Crippen LogP contribution in [-0.2, 0) is 22.6 Å². The van der Waals surface area contributed by atoms with Crippen LogP contribution in [0.5, 0.6) is 0 Å². The fourth-order valence-electron chi connectivity index (χ4n) is 1.60. The smallest absolute Gasteiger partial charge is 0.0889 e. The summed E-state index contributed by atoms with van der Waals surface area (Å²) in [6.45, 7) is 12.9. The third-order valence-electron chi connectivity index (χ3n) is 2.57. The number of hydrogen-bond acceptors (Lipinski definition) is 4. The predicted octanol–water partition coefficient (Wildman–Crippen LogP) is 2.91. The highest BCUT2D eigenvalue weighted by atomic mass is 16.5. The zero-order valence-electron chi connectivity index (χ0n) is 13.4. The Morgan fingerprint density at radius 2 is 1.85 bits per heavy atom. The molecule has 0 unspecified atom stereocenters. The fourth-order valence-corrected chi connectivity index (χ4v) is 1.60. The molecule has 1 aromatic rings. The van der Waals surface area contributed by atoms with Crippen molar-refractivity contribution in [3.05, 3.63) is 29.6 Å². The summed E-state index contributed by atoms with van der Waals surface area (Å²) >= 11 is 0. The van der Waals surface area contributed by atoms with Crippen LogP contribution in [0.4, 0.5) is 0 Å². The molecule has 0 spiro atoms. The largest absolute Gasteiger partial charge is 0.373 e. The van der Waals surface area contributed by atoms with Gasteiger partial charge in [0.2, 0.25) is 0 Å². The van der Waals surface area contributed by atoms with Crippen LogP contribution < -0.4 is 5.32 Å². The second-order valence-electron chi connectivity index (χ2n) is 6.17. The molecule has 0 fully saturated rings. The minimum absolute atomic E-state index is 0.107. The summed E-state index contributed by atoms with van der Waals surface area (Å²) in [6, 6.07) is 6.51. The fraction of sp³-hybridized carbons (Fsp3) is 0.688. The van der Waals surface area contributed by atoms with Crippen molar-refractivity contribution in [1.29, 1.82) is 0 Å². The van der Waals surface area contributed by atoms with E-state index in [2.05, 4.69) is 24.1 Å². The molecule has 1 aromatic heterocycles. The van der Waals surface area contributed by atoms with Gasteiger partial charge in [-0.3, -0.25) is 4.98 Å². The van der Waals surface area contributed by atoms with Crippen molar-refractivity contribution in [3.8, 4) is 0 Å². The van der Waals surface area contributed by atoms with Gasteiger partial charge in [-0.1, -0.05) is 19.9 Å². The summed E-state index contributed by atoms with van der Waals surface area (Å²) in [6.07, 6.45) is 0. The van der Waals surface area contributed by atoms with Crippen LogP contribution in [0.3, 0.4) is 0 Å². The molecule has 0 saturated carbocycles. The van der Waals surface area contributed by atoms with Gasteiger partial charge in [-0.05, 0) is 32.9 Å². The van der Waals surface area contributed by atoms with E-state index in [0.717, 1.165) is 17.9 Å². The van der Waals surface area contributed by atoms with Crippen LogP contribution >= 0.6 is 0 Å². The SMILES string of the molecule is CC(C)NCc1cccc(COCCOC(C)(C)C)n1. The molecule has 0 aliphatic heterocycles. The van der Waals surface area contributed by atoms with E-state index < -0.39 is 0 Å². The van der Waals surface area contributed by atoms with Gasteiger partial charge in [-0.15, -0.1) is 0 Å². The first-order valence-electron chi connectivity index (χ1n) is 7.27. The molecule has 1 rings (SSSR count). The molecule has 0 atom stereocenters. The topological polar surface area (TPSA) is 43.4 Å². The van der Waals surface area contributed by atoms with Gasteiger partial charge in [-0.2, -0.15) is 0 Å². The summed E-state index contributed by atoms with van der Waals surface area (Å²) in [5.41, 5.74) is 1.90. The highest BCUT2D eigenvalue weighted by Gasteiger charge is 2.09. The van der Waals surface area contributed by atoms with Crippen molar-refractivity contribution in [3.63, 3.8) is 0 Å². The molecule has 4 heteroatoms. The number of pyridine rings is 1. The molecule has 1 heterocycles. The number of nitrogens with one attached hydrogen (secondary N) is 1. The Bertz CT molecular complexity index is 386. The van der Waals surface area contributed by atoms with Gasteiger partial charge in [-0.25, -0.2) is 0 Å². The molecule has 4 nitrogen and oxygen atoms in total. The molecular formula is C16H28N2O2. The second kappa shape index (κ2) is 8.35. The van der Waals surface area contributed by atoms with Crippen molar-refractivity contribution < 1.29 is 9.47 Å². The summed E-state index contributed by atoms with van der Waals surface area (Å²) in [5, 5.41) is 3.36. The van der Waals surface area contributed by atoms with Gasteiger partial charge in [0.05, 0.1) is 36.8 Å². The third kappa shape index (κ3) is 8.25. The first-order valence-corrected chi connectivity index (χ1v) is 7.27. The lowest BCUT2D eigenvalue weighted by Gasteiger charge is -2.19. The molecule has 0 aromatic carbocycles. The zero-order valence-corrected chi connectivity index (χ0v) is 13.4. The first-order chi connectivity index (χ1) is 9.37. The Morgan fingerprint density at radius 3 is 2.50 bits per heavy atom. The van der Waals surface area contributed by atoms with Crippen molar-refractivity contribution in [2.24, 2.45) is 0 Å². The molecule has 114 valence electrons. The van der Waals surface area contributed by atoms with Crippen LogP contribution in [0.2, 0.25) is 0 Å². The molecule has 0 bridgehead atoms. The number of hydrogen-bond donors (Lipinski definition) is 1. The van der Waals surface area contributed by atoms with Crippen molar-refractivity contribution in [1.82, 2.24) is 10.3 Å². The Kier molecular flexibility index (Phi) is 7.13. The van der Waals surface area contributed by atoms with E-state index in [1.807, 2.05) is 39.0 Å². The molecule has 0 amide bonds. The van der Waals surface area contributed by atoms with Crippen LogP contribution in [0.1, 0.15) is 46.0 Å². The minimum atomic E-state index is -0.107. The van der Waals surface area contributed by atoms with Gasteiger partial charge in [0.15, 0.2) is 0 Å². The molecule has 0 aliphatic carbocycles. The van der Waals surface area contributed by atoms with E-state index in [1.54, 1.807) is 0 Å². The van der Waals surface area contributed by atoms with Gasteiger partial charge in [0.1, 0.15) is 0 Å². The highest BCUT2D eigenvalue weighted by molar-refractivity contribution is 5.10. The van der Waals surface area contributed by atoms with Gasteiger partial charge >= 0.3 is 0 Å². The third-order valence-corrected chi connectivity index (χ3v) is 2.57. The van der Waals surface area contributed by atoms with Gasteiger partial charge < -0.3 is 14.8 Å². The zero-order chi connectivity index (χ0) is 15.0. The number of aromatic nitrogens is 1. The van der Waals surface area contributed by atoms with E-state index in [1.165, 1.54) is 0 Å². The van der Waals surface area contributed by atoms with Crippen LogP contribution in [-0.4, -0.2) is 29.8 Å². The normalized spacial score (nSPS) is 12.1. The van der Waals surface area contributed by atoms with Crippen molar-refractivity contribution in [2.75, 3.05) is 13.2 Å². The molecule has 20 heavy (non-hydrogen) atoms. The molecule has 0 radical (unpaired) electrons. The van der Waals surface area contributed by atoms with Crippen molar-refractivity contribution in [2.45, 2.75) is 59.4 Å². The Morgan fingerprint density at radius 1 is 1.15 bits per heavy atom. The standard InChI is InChI=1S/C16H28N2O2/c1-13(2)17-11-14-7-6-8-15(18-14)12-19-9-10-20-16(3,4)5/h6-8,13,17H,9-12H2,1-5H3. The van der Waals surface area contributed by atoms with Crippen LogP contribution in [0.15, 0.2) is 18.2 Å². The average Bonchev–Trinajstić information content (AvgIpc) is 2.35. The number of ether oxygens (including phenoxy) is 2. The lowest BCUT2D eigenvalue weighted by Crippen LogP contribution is -2.22. The maximum absolute atomic E-state index is 5.60. The summed E-state index contributed by atoms with van der Waals surface area (Å²) in [4.78, 5) is 4.56. The molecular weight excluding hydrogens is 252 g/mol. The maximum Gasteiger partial charge on any atom is 0.0889 e. The first kappa shape index (κ1) is 17.1. The van der Waals surface area contributed by atoms with E-state index in [9.17, 15) is 0 Å². The molecule has 1 N–H and O–H groups in total. The number of rotatable bonds is 8. The highest BCUT2D eigenvalue weighted by Crippen LogP contribution is 2.06. The number of nitrogens with zero attached hydrogens (tertiary/aromatic N) is 1. The van der Waals surface area contributed by atoms with E-state index in [4.69, 9.17) is 9.47 Å². The maximum atomic E-state index is 5.60. The van der Waals surface area contributed by atoms with Crippen molar-refractivity contribution >= 4 is 0 Å². The van der Waals surface area contributed by atoms with Gasteiger partial charge in [0, 0.05) is 12.6 Å². The quantitative estimate of drug-likeness (QED) is 0.744.